The van der Waals surface area contributed by atoms with Gasteiger partial charge < -0.3 is 8.98 Å². The van der Waals surface area contributed by atoms with E-state index in [-0.39, 0.29) is 0 Å². The monoisotopic (exact) mass is 362 g/mol. The number of thioether (sulfide) groups is 1. The Labute approximate surface area is 156 Å². The first-order valence-electron chi connectivity index (χ1n) is 8.30. The van der Waals surface area contributed by atoms with E-state index in [1.54, 1.807) is 18.0 Å². The van der Waals surface area contributed by atoms with Gasteiger partial charge in [0.05, 0.1) is 11.9 Å². The van der Waals surface area contributed by atoms with Crippen LogP contribution in [0.2, 0.25) is 0 Å². The summed E-state index contributed by atoms with van der Waals surface area (Å²) in [5, 5.41) is 9.51. The number of benzene rings is 2. The van der Waals surface area contributed by atoms with Gasteiger partial charge in [0.25, 0.3) is 0 Å². The van der Waals surface area contributed by atoms with Gasteiger partial charge in [0.1, 0.15) is 0 Å². The molecule has 0 N–H and O–H groups in total. The fraction of sp³-hybridized carbons (Fsp3) is 0.150. The summed E-state index contributed by atoms with van der Waals surface area (Å²) in [6.07, 6.45) is 1.76. The molecule has 0 saturated heterocycles. The topological polar surface area (TPSA) is 56.7 Å². The molecular formula is C20H18N4OS. The third-order valence-electron chi connectivity index (χ3n) is 4.16. The van der Waals surface area contributed by atoms with Gasteiger partial charge in [-0.05, 0) is 12.5 Å². The minimum Gasteiger partial charge on any atom is -0.440 e. The second-order valence-electron chi connectivity index (χ2n) is 5.95. The Morgan fingerprint density at radius 2 is 1.77 bits per heavy atom. The Balaban J connectivity index is 1.50. The van der Waals surface area contributed by atoms with Gasteiger partial charge in [0, 0.05) is 18.2 Å². The van der Waals surface area contributed by atoms with Crippen LogP contribution in [0.25, 0.3) is 22.7 Å². The lowest BCUT2D eigenvalue weighted by Gasteiger charge is -2.05. The summed E-state index contributed by atoms with van der Waals surface area (Å²) in [6, 6.07) is 18.2. The average molecular weight is 362 g/mol. The Hall–Kier alpha value is -2.86. The molecule has 130 valence electrons. The van der Waals surface area contributed by atoms with Crippen molar-refractivity contribution in [1.82, 2.24) is 19.7 Å². The third kappa shape index (κ3) is 3.28. The Morgan fingerprint density at radius 1 is 1.00 bits per heavy atom. The molecule has 26 heavy (non-hydrogen) atoms. The van der Waals surface area contributed by atoms with E-state index in [1.807, 2.05) is 54.1 Å². The van der Waals surface area contributed by atoms with Gasteiger partial charge in [-0.2, -0.15) is 0 Å². The van der Waals surface area contributed by atoms with Crippen molar-refractivity contribution in [2.45, 2.75) is 17.8 Å². The minimum absolute atomic E-state index is 0.604. The predicted octanol–water partition coefficient (Wildman–Crippen LogP) is 4.74. The number of nitrogens with zero attached hydrogens (tertiary/aromatic N) is 4. The Kier molecular flexibility index (Phi) is 4.58. The largest absolute Gasteiger partial charge is 0.440 e. The van der Waals surface area contributed by atoms with Gasteiger partial charge in [0.15, 0.2) is 16.7 Å². The lowest BCUT2D eigenvalue weighted by Crippen LogP contribution is -1.96. The quantitative estimate of drug-likeness (QED) is 0.480. The van der Waals surface area contributed by atoms with E-state index in [0.717, 1.165) is 27.9 Å². The van der Waals surface area contributed by atoms with Gasteiger partial charge in [-0.15, -0.1) is 10.2 Å². The summed E-state index contributed by atoms with van der Waals surface area (Å²) < 4.78 is 7.86. The summed E-state index contributed by atoms with van der Waals surface area (Å²) in [4.78, 5) is 4.37. The molecule has 0 aliphatic heterocycles. The van der Waals surface area contributed by atoms with Crippen molar-refractivity contribution in [2.24, 2.45) is 7.05 Å². The smallest absolute Gasteiger partial charge is 0.205 e. The summed E-state index contributed by atoms with van der Waals surface area (Å²) in [5.41, 5.74) is 3.30. The summed E-state index contributed by atoms with van der Waals surface area (Å²) in [7, 11) is 1.98. The molecule has 2 aromatic carbocycles. The molecule has 0 radical (unpaired) electrons. The number of rotatable bonds is 5. The van der Waals surface area contributed by atoms with Crippen LogP contribution in [0, 0.1) is 6.92 Å². The first kappa shape index (κ1) is 16.6. The first-order chi connectivity index (χ1) is 12.7. The molecule has 0 amide bonds. The van der Waals surface area contributed by atoms with Gasteiger partial charge >= 0.3 is 0 Å². The van der Waals surface area contributed by atoms with E-state index in [2.05, 4.69) is 34.2 Å². The van der Waals surface area contributed by atoms with E-state index >= 15 is 0 Å². The van der Waals surface area contributed by atoms with Gasteiger partial charge in [0.2, 0.25) is 5.89 Å². The molecule has 0 spiro atoms. The molecule has 0 bridgehead atoms. The van der Waals surface area contributed by atoms with Crippen LogP contribution in [0.3, 0.4) is 0 Å². The normalized spacial score (nSPS) is 11.0. The second kappa shape index (κ2) is 7.17. The molecule has 0 unspecified atom stereocenters. The summed E-state index contributed by atoms with van der Waals surface area (Å²) in [6.45, 7) is 2.08. The number of oxazole rings is 1. The van der Waals surface area contributed by atoms with Crippen LogP contribution in [0.1, 0.15) is 11.5 Å². The molecule has 0 saturated carbocycles. The Bertz CT molecular complexity index is 1020. The lowest BCUT2D eigenvalue weighted by molar-refractivity contribution is 0.529. The van der Waals surface area contributed by atoms with Crippen LogP contribution < -0.4 is 0 Å². The zero-order valence-electron chi connectivity index (χ0n) is 14.6. The summed E-state index contributed by atoms with van der Waals surface area (Å²) in [5.74, 6) is 2.92. The van der Waals surface area contributed by atoms with Crippen LogP contribution in [0.5, 0.6) is 0 Å². The summed E-state index contributed by atoms with van der Waals surface area (Å²) >= 11 is 1.56. The fourth-order valence-corrected chi connectivity index (χ4v) is 3.50. The SMILES string of the molecule is Cc1ccccc1-c1nnc(SCc2ncc(-c3ccccc3)o2)n1C. The molecule has 5 nitrogen and oxygen atoms in total. The molecule has 0 aliphatic carbocycles. The van der Waals surface area contributed by atoms with Crippen LogP contribution in [0.15, 0.2) is 70.4 Å². The van der Waals surface area contributed by atoms with Crippen LogP contribution in [-0.4, -0.2) is 19.7 Å². The number of aromatic nitrogens is 4. The number of hydrogen-bond acceptors (Lipinski definition) is 5. The highest BCUT2D eigenvalue weighted by Gasteiger charge is 2.14. The molecular weight excluding hydrogens is 344 g/mol. The van der Waals surface area contributed by atoms with Crippen molar-refractivity contribution in [3.05, 3.63) is 72.2 Å². The maximum atomic E-state index is 5.85. The molecule has 4 aromatic rings. The minimum atomic E-state index is 0.604. The van der Waals surface area contributed by atoms with Gasteiger partial charge in [-0.1, -0.05) is 66.4 Å². The predicted molar refractivity (Wildman–Crippen MR) is 103 cm³/mol. The molecule has 4 rings (SSSR count). The highest BCUT2D eigenvalue weighted by Crippen LogP contribution is 2.28. The van der Waals surface area contributed by atoms with Crippen molar-refractivity contribution in [3.8, 4) is 22.7 Å². The van der Waals surface area contributed by atoms with E-state index in [1.165, 1.54) is 5.56 Å². The lowest BCUT2D eigenvalue weighted by atomic mass is 10.1. The van der Waals surface area contributed by atoms with Crippen molar-refractivity contribution >= 4 is 11.8 Å². The number of aryl methyl sites for hydroxylation is 1. The number of hydrogen-bond donors (Lipinski definition) is 0. The maximum absolute atomic E-state index is 5.85. The van der Waals surface area contributed by atoms with Crippen molar-refractivity contribution in [1.29, 1.82) is 0 Å². The second-order valence-corrected chi connectivity index (χ2v) is 6.90. The molecule has 0 fully saturated rings. The molecule has 0 atom stereocenters. The Morgan fingerprint density at radius 3 is 2.58 bits per heavy atom. The van der Waals surface area contributed by atoms with Gasteiger partial charge in [-0.25, -0.2) is 4.98 Å². The fourth-order valence-electron chi connectivity index (χ4n) is 2.74. The highest BCUT2D eigenvalue weighted by molar-refractivity contribution is 7.98. The van der Waals surface area contributed by atoms with Crippen molar-refractivity contribution in [3.63, 3.8) is 0 Å². The van der Waals surface area contributed by atoms with Gasteiger partial charge in [-0.3, -0.25) is 0 Å². The standard InChI is InChI=1S/C20H18N4OS/c1-14-8-6-7-11-16(14)19-22-23-20(24(19)2)26-13-18-21-12-17(25-18)15-9-4-3-5-10-15/h3-12H,13H2,1-2H3. The van der Waals surface area contributed by atoms with Crippen LogP contribution in [-0.2, 0) is 12.8 Å². The third-order valence-corrected chi connectivity index (χ3v) is 5.16. The first-order valence-corrected chi connectivity index (χ1v) is 9.29. The zero-order valence-corrected chi connectivity index (χ0v) is 15.4. The van der Waals surface area contributed by atoms with E-state index in [4.69, 9.17) is 4.42 Å². The zero-order chi connectivity index (χ0) is 17.9. The average Bonchev–Trinajstić information content (AvgIpc) is 3.28. The van der Waals surface area contributed by atoms with E-state index in [0.29, 0.717) is 11.6 Å². The van der Waals surface area contributed by atoms with Crippen LogP contribution >= 0.6 is 11.8 Å². The van der Waals surface area contributed by atoms with Crippen LogP contribution in [0.4, 0.5) is 0 Å². The molecule has 2 heterocycles. The maximum Gasteiger partial charge on any atom is 0.205 e. The molecule has 6 heteroatoms. The van der Waals surface area contributed by atoms with E-state index in [9.17, 15) is 0 Å². The molecule has 2 aromatic heterocycles. The highest BCUT2D eigenvalue weighted by atomic mass is 32.2. The van der Waals surface area contributed by atoms with E-state index < -0.39 is 0 Å². The van der Waals surface area contributed by atoms with Crippen molar-refractivity contribution in [2.75, 3.05) is 0 Å². The molecule has 0 aliphatic rings. The van der Waals surface area contributed by atoms with Crippen molar-refractivity contribution < 1.29 is 4.42 Å².